The van der Waals surface area contributed by atoms with Crippen molar-refractivity contribution >= 4 is 0 Å². The highest BCUT2D eigenvalue weighted by atomic mass is 19.4. The number of aromatic nitrogens is 2. The smallest absolute Gasteiger partial charge is 0.390 e. The van der Waals surface area contributed by atoms with Gasteiger partial charge in [0.2, 0.25) is 5.82 Å². The van der Waals surface area contributed by atoms with Crippen LogP contribution in [0.3, 0.4) is 0 Å². The van der Waals surface area contributed by atoms with Gasteiger partial charge in [0.15, 0.2) is 0 Å². The number of rotatable bonds is 1. The lowest BCUT2D eigenvalue weighted by Crippen LogP contribution is -2.19. The summed E-state index contributed by atoms with van der Waals surface area (Å²) in [6.07, 6.45) is -2.27. The molecule has 1 aliphatic rings. The normalized spacial score (nSPS) is 16.5. The lowest BCUT2D eigenvalue weighted by atomic mass is 10.1. The molecule has 1 aromatic heterocycles. The molecule has 1 N–H and O–H groups in total. The summed E-state index contributed by atoms with van der Waals surface area (Å²) in [4.78, 5) is 3.47. The lowest BCUT2D eigenvalue weighted by molar-refractivity contribution is -0.147. The Morgan fingerprint density at radius 1 is 1.33 bits per heavy atom. The van der Waals surface area contributed by atoms with Gasteiger partial charge in [-0.05, 0) is 19.3 Å². The summed E-state index contributed by atoms with van der Waals surface area (Å²) in [5.74, 6) is -0.874. The first-order valence-electron chi connectivity index (χ1n) is 4.80. The number of aliphatic hydroxyl groups excluding tert-OH is 1. The quantitative estimate of drug-likeness (QED) is 0.782. The van der Waals surface area contributed by atoms with Gasteiger partial charge in [0.25, 0.3) is 0 Å². The van der Waals surface area contributed by atoms with Gasteiger partial charge in [-0.3, -0.25) is 0 Å². The van der Waals surface area contributed by atoms with Crippen molar-refractivity contribution in [1.82, 2.24) is 9.55 Å². The van der Waals surface area contributed by atoms with Gasteiger partial charge in [-0.25, -0.2) is 4.98 Å². The minimum absolute atomic E-state index is 0.169. The molecule has 2 heterocycles. The predicted octanol–water partition coefficient (Wildman–Crippen LogP) is 1.73. The summed E-state index contributed by atoms with van der Waals surface area (Å²) in [6.45, 7) is -0.0808. The summed E-state index contributed by atoms with van der Waals surface area (Å²) in [6, 6.07) is 0. The Morgan fingerprint density at radius 3 is 2.67 bits per heavy atom. The van der Waals surface area contributed by atoms with Gasteiger partial charge in [-0.1, -0.05) is 0 Å². The molecule has 0 saturated heterocycles. The van der Waals surface area contributed by atoms with Gasteiger partial charge >= 0.3 is 6.18 Å². The van der Waals surface area contributed by atoms with Gasteiger partial charge in [0.05, 0.1) is 12.3 Å². The van der Waals surface area contributed by atoms with Crippen LogP contribution in [0.2, 0.25) is 0 Å². The van der Waals surface area contributed by atoms with Crippen LogP contribution >= 0.6 is 0 Å². The van der Waals surface area contributed by atoms with Crippen molar-refractivity contribution in [2.75, 3.05) is 0 Å². The van der Waals surface area contributed by atoms with E-state index in [1.54, 1.807) is 0 Å². The van der Waals surface area contributed by atoms with Crippen LogP contribution in [-0.4, -0.2) is 14.7 Å². The zero-order valence-electron chi connectivity index (χ0n) is 8.01. The number of hydrogen-bond acceptors (Lipinski definition) is 2. The second kappa shape index (κ2) is 3.52. The maximum Gasteiger partial charge on any atom is 0.449 e. The Kier molecular flexibility index (Phi) is 2.46. The zero-order chi connectivity index (χ0) is 11.1. The number of hydrogen-bond donors (Lipinski definition) is 1. The van der Waals surface area contributed by atoms with Crippen LogP contribution in [-0.2, 0) is 25.7 Å². The Bertz CT molecular complexity index is 370. The minimum Gasteiger partial charge on any atom is -0.390 e. The number of alkyl halides is 3. The summed E-state index contributed by atoms with van der Waals surface area (Å²) < 4.78 is 38.9. The van der Waals surface area contributed by atoms with Crippen molar-refractivity contribution in [3.8, 4) is 0 Å². The molecule has 0 aliphatic carbocycles. The molecule has 0 aromatic carbocycles. The van der Waals surface area contributed by atoms with E-state index in [0.29, 0.717) is 18.7 Å². The van der Waals surface area contributed by atoms with E-state index in [0.717, 1.165) is 12.8 Å². The molecule has 2 rings (SSSR count). The van der Waals surface area contributed by atoms with Gasteiger partial charge in [0.1, 0.15) is 0 Å². The Hall–Kier alpha value is -1.04. The molecule has 0 spiro atoms. The highest BCUT2D eigenvalue weighted by Crippen LogP contribution is 2.32. The molecule has 0 radical (unpaired) electrons. The summed E-state index contributed by atoms with van der Waals surface area (Å²) >= 11 is 0. The number of nitrogens with zero attached hydrogens (tertiary/aromatic N) is 2. The van der Waals surface area contributed by atoms with Crippen LogP contribution in [0.25, 0.3) is 0 Å². The molecular weight excluding hydrogens is 209 g/mol. The molecule has 6 heteroatoms. The number of imidazole rings is 1. The zero-order valence-corrected chi connectivity index (χ0v) is 8.01. The average molecular weight is 220 g/mol. The summed E-state index contributed by atoms with van der Waals surface area (Å²) in [5.41, 5.74) is 0.707. The fourth-order valence-corrected chi connectivity index (χ4v) is 1.96. The third-order valence-electron chi connectivity index (χ3n) is 2.60. The van der Waals surface area contributed by atoms with Crippen molar-refractivity contribution in [2.45, 2.75) is 38.6 Å². The first kappa shape index (κ1) is 10.5. The van der Waals surface area contributed by atoms with Gasteiger partial charge in [0, 0.05) is 12.2 Å². The number of fused-ring (bicyclic) bond motifs is 1. The molecule has 0 unspecified atom stereocenters. The maximum atomic E-state index is 12.6. The fourth-order valence-electron chi connectivity index (χ4n) is 1.96. The first-order chi connectivity index (χ1) is 7.04. The molecular formula is C9H11F3N2O. The van der Waals surface area contributed by atoms with Crippen LogP contribution in [0.5, 0.6) is 0 Å². The van der Waals surface area contributed by atoms with Crippen LogP contribution < -0.4 is 0 Å². The monoisotopic (exact) mass is 220 g/mol. The van der Waals surface area contributed by atoms with E-state index >= 15 is 0 Å². The topological polar surface area (TPSA) is 38.1 Å². The second-order valence-electron chi connectivity index (χ2n) is 3.59. The average Bonchev–Trinajstić information content (AvgIpc) is 2.55. The van der Waals surface area contributed by atoms with Gasteiger partial charge < -0.3 is 9.67 Å². The Balaban J connectivity index is 2.52. The number of halogens is 3. The van der Waals surface area contributed by atoms with E-state index in [4.69, 9.17) is 5.11 Å². The van der Waals surface area contributed by atoms with Crippen molar-refractivity contribution in [2.24, 2.45) is 0 Å². The summed E-state index contributed by atoms with van der Waals surface area (Å²) in [5, 5.41) is 8.93. The van der Waals surface area contributed by atoms with E-state index < -0.39 is 18.6 Å². The van der Waals surface area contributed by atoms with Gasteiger partial charge in [-0.15, -0.1) is 0 Å². The van der Waals surface area contributed by atoms with E-state index in [-0.39, 0.29) is 5.69 Å². The molecule has 0 atom stereocenters. The molecule has 0 bridgehead atoms. The molecule has 3 nitrogen and oxygen atoms in total. The van der Waals surface area contributed by atoms with Crippen molar-refractivity contribution < 1.29 is 18.3 Å². The lowest BCUT2D eigenvalue weighted by Gasteiger charge is -2.17. The van der Waals surface area contributed by atoms with Crippen molar-refractivity contribution in [3.63, 3.8) is 0 Å². The predicted molar refractivity (Wildman–Crippen MR) is 46.1 cm³/mol. The Morgan fingerprint density at radius 2 is 2.07 bits per heavy atom. The number of aliphatic hydroxyl groups is 1. The minimum atomic E-state index is -4.43. The molecule has 84 valence electrons. The standard InChI is InChI=1S/C9H11F3N2O/c10-9(11,12)8-13-6(5-15)7-3-1-2-4-14(7)8/h15H,1-5H2. The molecule has 0 fully saturated rings. The first-order valence-corrected chi connectivity index (χ1v) is 4.80. The third-order valence-corrected chi connectivity index (χ3v) is 2.60. The second-order valence-corrected chi connectivity index (χ2v) is 3.59. The van der Waals surface area contributed by atoms with Crippen LogP contribution in [0, 0.1) is 0 Å². The largest absolute Gasteiger partial charge is 0.449 e. The molecule has 0 amide bonds. The van der Waals surface area contributed by atoms with E-state index in [9.17, 15) is 13.2 Å². The highest BCUT2D eigenvalue weighted by molar-refractivity contribution is 5.20. The van der Waals surface area contributed by atoms with Crippen molar-refractivity contribution in [3.05, 3.63) is 17.2 Å². The molecule has 1 aliphatic heterocycles. The van der Waals surface area contributed by atoms with E-state index in [1.807, 2.05) is 0 Å². The molecule has 1 aromatic rings. The summed E-state index contributed by atoms with van der Waals surface area (Å²) in [7, 11) is 0. The maximum absolute atomic E-state index is 12.6. The highest BCUT2D eigenvalue weighted by Gasteiger charge is 2.39. The molecule has 15 heavy (non-hydrogen) atoms. The molecule has 0 saturated carbocycles. The fraction of sp³-hybridized carbons (Fsp3) is 0.667. The Labute approximate surface area is 84.5 Å². The van der Waals surface area contributed by atoms with E-state index in [2.05, 4.69) is 4.98 Å². The van der Waals surface area contributed by atoms with Gasteiger partial charge in [-0.2, -0.15) is 13.2 Å². The van der Waals surface area contributed by atoms with Crippen molar-refractivity contribution in [1.29, 1.82) is 0 Å². The SMILES string of the molecule is OCc1nc(C(F)(F)F)n2c1CCCC2. The van der Waals surface area contributed by atoms with Crippen LogP contribution in [0.15, 0.2) is 0 Å². The van der Waals surface area contributed by atoms with Crippen LogP contribution in [0.1, 0.15) is 30.1 Å². The third kappa shape index (κ3) is 1.73. The van der Waals surface area contributed by atoms with Crippen LogP contribution in [0.4, 0.5) is 13.2 Å². The van der Waals surface area contributed by atoms with E-state index in [1.165, 1.54) is 4.57 Å².